The van der Waals surface area contributed by atoms with E-state index in [0.717, 1.165) is 12.0 Å². The van der Waals surface area contributed by atoms with Crippen molar-refractivity contribution in [1.29, 1.82) is 0 Å². The second-order valence-corrected chi connectivity index (χ2v) is 5.20. The predicted molar refractivity (Wildman–Crippen MR) is 73.4 cm³/mol. The van der Waals surface area contributed by atoms with E-state index < -0.39 is 0 Å². The zero-order valence-corrected chi connectivity index (χ0v) is 11.5. The highest BCUT2D eigenvalue weighted by molar-refractivity contribution is 7.18. The summed E-state index contributed by atoms with van der Waals surface area (Å²) in [6.07, 6.45) is 0.773. The summed E-state index contributed by atoms with van der Waals surface area (Å²) in [5.74, 6) is -0.416. The highest BCUT2D eigenvalue weighted by atomic mass is 32.1. The minimum absolute atomic E-state index is 0.0572. The Balaban J connectivity index is 2.11. The van der Waals surface area contributed by atoms with Gasteiger partial charge in [-0.2, -0.15) is 0 Å². The first-order valence-corrected chi connectivity index (χ1v) is 6.82. The lowest BCUT2D eigenvalue weighted by molar-refractivity contribution is -0.119. The molecular formula is C13H14FN3OS. The molecule has 0 spiro atoms. The Morgan fingerprint density at radius 2 is 2.05 bits per heavy atom. The Hall–Kier alpha value is -1.82. The van der Waals surface area contributed by atoms with Crippen LogP contribution in [0.1, 0.15) is 20.3 Å². The van der Waals surface area contributed by atoms with Crippen molar-refractivity contribution in [1.82, 2.24) is 10.2 Å². The van der Waals surface area contributed by atoms with Crippen molar-refractivity contribution in [2.45, 2.75) is 20.3 Å². The molecule has 0 aliphatic carbocycles. The van der Waals surface area contributed by atoms with E-state index in [2.05, 4.69) is 15.5 Å². The summed E-state index contributed by atoms with van der Waals surface area (Å²) in [5.41, 5.74) is 0.780. The van der Waals surface area contributed by atoms with E-state index in [0.29, 0.717) is 10.1 Å². The first-order chi connectivity index (χ1) is 9.10. The molecule has 1 amide bonds. The number of benzene rings is 1. The van der Waals surface area contributed by atoms with Crippen LogP contribution in [0.2, 0.25) is 0 Å². The van der Waals surface area contributed by atoms with Crippen molar-refractivity contribution in [2.24, 2.45) is 5.92 Å². The summed E-state index contributed by atoms with van der Waals surface area (Å²) < 4.78 is 12.8. The Morgan fingerprint density at radius 3 is 2.68 bits per heavy atom. The molecule has 2 rings (SSSR count). The molecule has 4 nitrogen and oxygen atoms in total. The highest BCUT2D eigenvalue weighted by Gasteiger charge is 2.13. The van der Waals surface area contributed by atoms with Gasteiger partial charge in [0.2, 0.25) is 11.0 Å². The van der Waals surface area contributed by atoms with Gasteiger partial charge in [0.15, 0.2) is 0 Å². The Bertz CT molecular complexity index is 568. The maximum Gasteiger partial charge on any atom is 0.229 e. The number of hydrogen-bond donors (Lipinski definition) is 1. The van der Waals surface area contributed by atoms with Crippen LogP contribution in [-0.4, -0.2) is 16.1 Å². The van der Waals surface area contributed by atoms with Gasteiger partial charge in [0, 0.05) is 11.5 Å². The molecule has 1 aromatic heterocycles. The Kier molecular flexibility index (Phi) is 4.21. The SMILES string of the molecule is CCC(C)C(=O)Nc1nnc(-c2ccc(F)cc2)s1. The molecular weight excluding hydrogens is 265 g/mol. The van der Waals surface area contributed by atoms with E-state index in [9.17, 15) is 9.18 Å². The molecule has 19 heavy (non-hydrogen) atoms. The fourth-order valence-electron chi connectivity index (χ4n) is 1.40. The number of halogens is 1. The molecule has 0 aliphatic heterocycles. The topological polar surface area (TPSA) is 54.9 Å². The monoisotopic (exact) mass is 279 g/mol. The minimum Gasteiger partial charge on any atom is -0.300 e. The lowest BCUT2D eigenvalue weighted by Crippen LogP contribution is -2.19. The number of amides is 1. The minimum atomic E-state index is -0.293. The number of nitrogens with one attached hydrogen (secondary N) is 1. The molecule has 0 bridgehead atoms. The molecule has 1 heterocycles. The number of nitrogens with zero attached hydrogens (tertiary/aromatic N) is 2. The van der Waals surface area contributed by atoms with E-state index in [-0.39, 0.29) is 17.6 Å². The zero-order chi connectivity index (χ0) is 13.8. The average Bonchev–Trinajstić information content (AvgIpc) is 2.87. The molecule has 0 saturated carbocycles. The first kappa shape index (κ1) is 13.6. The maximum atomic E-state index is 12.8. The standard InChI is InChI=1S/C13H14FN3OS/c1-3-8(2)11(18)15-13-17-16-12(19-13)9-4-6-10(14)7-5-9/h4-8H,3H2,1-2H3,(H,15,17,18). The van der Waals surface area contributed by atoms with E-state index in [1.165, 1.54) is 23.5 Å². The van der Waals surface area contributed by atoms with Crippen LogP contribution in [0.4, 0.5) is 9.52 Å². The van der Waals surface area contributed by atoms with E-state index in [1.54, 1.807) is 12.1 Å². The summed E-state index contributed by atoms with van der Waals surface area (Å²) in [7, 11) is 0. The molecule has 0 radical (unpaired) electrons. The molecule has 100 valence electrons. The quantitative estimate of drug-likeness (QED) is 0.934. The molecule has 1 aromatic carbocycles. The normalized spacial score (nSPS) is 12.2. The van der Waals surface area contributed by atoms with Crippen LogP contribution in [0.5, 0.6) is 0 Å². The van der Waals surface area contributed by atoms with Crippen LogP contribution in [-0.2, 0) is 4.79 Å². The molecule has 6 heteroatoms. The van der Waals surface area contributed by atoms with Crippen molar-refractivity contribution in [3.63, 3.8) is 0 Å². The van der Waals surface area contributed by atoms with Crippen molar-refractivity contribution < 1.29 is 9.18 Å². The summed E-state index contributed by atoms with van der Waals surface area (Å²) in [5, 5.41) is 11.7. The molecule has 0 saturated heterocycles. The Morgan fingerprint density at radius 1 is 1.37 bits per heavy atom. The van der Waals surface area contributed by atoms with Gasteiger partial charge in [-0.25, -0.2) is 4.39 Å². The molecule has 1 N–H and O–H groups in total. The summed E-state index contributed by atoms with van der Waals surface area (Å²) in [6, 6.07) is 6.01. The average molecular weight is 279 g/mol. The van der Waals surface area contributed by atoms with Crippen molar-refractivity contribution in [2.75, 3.05) is 5.32 Å². The van der Waals surface area contributed by atoms with E-state index in [1.807, 2.05) is 13.8 Å². The van der Waals surface area contributed by atoms with Gasteiger partial charge in [-0.1, -0.05) is 25.2 Å². The van der Waals surface area contributed by atoms with Gasteiger partial charge >= 0.3 is 0 Å². The number of rotatable bonds is 4. The fraction of sp³-hybridized carbons (Fsp3) is 0.308. The van der Waals surface area contributed by atoms with Gasteiger partial charge in [0.05, 0.1) is 0 Å². The van der Waals surface area contributed by atoms with Crippen LogP contribution in [0.15, 0.2) is 24.3 Å². The second kappa shape index (κ2) is 5.88. The van der Waals surface area contributed by atoms with Gasteiger partial charge < -0.3 is 5.32 Å². The molecule has 1 atom stereocenters. The third-order valence-electron chi connectivity index (χ3n) is 2.81. The molecule has 2 aromatic rings. The van der Waals surface area contributed by atoms with Crippen molar-refractivity contribution in [3.8, 4) is 10.6 Å². The van der Waals surface area contributed by atoms with Gasteiger partial charge in [0.1, 0.15) is 10.8 Å². The summed E-state index contributed by atoms with van der Waals surface area (Å²) in [4.78, 5) is 11.7. The van der Waals surface area contributed by atoms with Crippen LogP contribution in [0, 0.1) is 11.7 Å². The van der Waals surface area contributed by atoms with Crippen LogP contribution in [0.25, 0.3) is 10.6 Å². The molecule has 0 fully saturated rings. The van der Waals surface area contributed by atoms with Gasteiger partial charge in [-0.15, -0.1) is 10.2 Å². The third-order valence-corrected chi connectivity index (χ3v) is 3.69. The van der Waals surface area contributed by atoms with Crippen molar-refractivity contribution in [3.05, 3.63) is 30.1 Å². The molecule has 1 unspecified atom stereocenters. The predicted octanol–water partition coefficient (Wildman–Crippen LogP) is 3.33. The van der Waals surface area contributed by atoms with Crippen LogP contribution >= 0.6 is 11.3 Å². The van der Waals surface area contributed by atoms with Crippen LogP contribution < -0.4 is 5.32 Å². The Labute approximate surface area is 114 Å². The summed E-state index contributed by atoms with van der Waals surface area (Å²) >= 11 is 1.27. The van der Waals surface area contributed by atoms with Gasteiger partial charge in [-0.3, -0.25) is 4.79 Å². The smallest absolute Gasteiger partial charge is 0.229 e. The second-order valence-electron chi connectivity index (χ2n) is 4.22. The van der Waals surface area contributed by atoms with E-state index in [4.69, 9.17) is 0 Å². The number of anilines is 1. The molecule has 0 aliphatic rings. The lowest BCUT2D eigenvalue weighted by atomic mass is 10.1. The highest BCUT2D eigenvalue weighted by Crippen LogP contribution is 2.26. The first-order valence-electron chi connectivity index (χ1n) is 6.00. The largest absolute Gasteiger partial charge is 0.300 e. The van der Waals surface area contributed by atoms with E-state index >= 15 is 0 Å². The third kappa shape index (κ3) is 3.35. The zero-order valence-electron chi connectivity index (χ0n) is 10.7. The van der Waals surface area contributed by atoms with Gasteiger partial charge in [0.25, 0.3) is 0 Å². The fourth-order valence-corrected chi connectivity index (χ4v) is 2.15. The van der Waals surface area contributed by atoms with Crippen LogP contribution in [0.3, 0.4) is 0 Å². The summed E-state index contributed by atoms with van der Waals surface area (Å²) in [6.45, 7) is 3.81. The van der Waals surface area contributed by atoms with Gasteiger partial charge in [-0.05, 0) is 30.7 Å². The maximum absolute atomic E-state index is 12.8. The van der Waals surface area contributed by atoms with Crippen molar-refractivity contribution >= 4 is 22.4 Å². The number of hydrogen-bond acceptors (Lipinski definition) is 4. The number of carbonyl (C=O) groups is 1. The lowest BCUT2D eigenvalue weighted by Gasteiger charge is -2.06. The number of aromatic nitrogens is 2. The number of carbonyl (C=O) groups excluding carboxylic acids is 1.